The third-order valence-electron chi connectivity index (χ3n) is 8.17. The van der Waals surface area contributed by atoms with Crippen LogP contribution >= 0.6 is 0 Å². The topological polar surface area (TPSA) is 106 Å². The zero-order chi connectivity index (χ0) is 31.2. The van der Waals surface area contributed by atoms with Crippen LogP contribution in [0.4, 0.5) is 17.2 Å². The van der Waals surface area contributed by atoms with Gasteiger partial charge in [0, 0.05) is 53.9 Å². The fourth-order valence-corrected chi connectivity index (χ4v) is 5.37. The van der Waals surface area contributed by atoms with Gasteiger partial charge in [-0.3, -0.25) is 14.4 Å². The molecular weight excluding hydrogens is 554 g/mol. The van der Waals surface area contributed by atoms with Crippen LogP contribution in [0.2, 0.25) is 0 Å². The van der Waals surface area contributed by atoms with Crippen LogP contribution in [0.25, 0.3) is 11.3 Å². The first kappa shape index (κ1) is 30.7. The number of rotatable bonds is 9. The number of ether oxygens (including phenoxy) is 1. The Morgan fingerprint density at radius 2 is 1.68 bits per heavy atom. The van der Waals surface area contributed by atoms with Gasteiger partial charge >= 0.3 is 0 Å². The summed E-state index contributed by atoms with van der Waals surface area (Å²) in [5.74, 6) is -0.0301. The highest BCUT2D eigenvalue weighted by Crippen LogP contribution is 2.30. The van der Waals surface area contributed by atoms with Gasteiger partial charge in [-0.1, -0.05) is 43.7 Å². The van der Waals surface area contributed by atoms with Crippen molar-refractivity contribution in [3.05, 3.63) is 105 Å². The molecule has 2 heterocycles. The summed E-state index contributed by atoms with van der Waals surface area (Å²) in [6.07, 6.45) is 2.92. The van der Waals surface area contributed by atoms with Crippen molar-refractivity contribution >= 4 is 29.0 Å². The van der Waals surface area contributed by atoms with E-state index in [-0.39, 0.29) is 23.2 Å². The maximum absolute atomic E-state index is 13.4. The van der Waals surface area contributed by atoms with Gasteiger partial charge in [0.05, 0.1) is 18.9 Å². The SMILES string of the molecule is CCCCc1ccccc1C(=O)Nc1cccc(-c2nc(Nc3ccc(C(=O)N4CCOCC4)cc3)c(=O)n(C)c2C)c1C. The first-order valence-electron chi connectivity index (χ1n) is 15.1. The van der Waals surface area contributed by atoms with Crippen LogP contribution in [-0.4, -0.2) is 52.6 Å². The molecule has 2 amide bonds. The van der Waals surface area contributed by atoms with E-state index >= 15 is 0 Å². The standard InChI is InChI=1S/C35H39N5O4/c1-5-6-10-25-11-7-8-12-29(25)33(41)37-30-14-9-13-28(23(30)2)31-24(3)39(4)35(43)32(38-31)36-27-17-15-26(16-18-27)34(42)40-19-21-44-22-20-40/h7-9,11-18H,5-6,10,19-22H2,1-4H3,(H,36,38)(H,37,41). The number of carbonyl (C=O) groups is 2. The predicted octanol–water partition coefficient (Wildman–Crippen LogP) is 5.88. The van der Waals surface area contributed by atoms with Gasteiger partial charge in [0.2, 0.25) is 0 Å². The van der Waals surface area contributed by atoms with Crippen LogP contribution in [0.15, 0.2) is 71.5 Å². The van der Waals surface area contributed by atoms with Gasteiger partial charge in [0.1, 0.15) is 0 Å². The minimum absolute atomic E-state index is 0.0431. The Bertz CT molecular complexity index is 1720. The zero-order valence-corrected chi connectivity index (χ0v) is 25.8. The Morgan fingerprint density at radius 3 is 2.41 bits per heavy atom. The van der Waals surface area contributed by atoms with E-state index in [9.17, 15) is 14.4 Å². The van der Waals surface area contributed by atoms with E-state index in [0.29, 0.717) is 60.2 Å². The minimum Gasteiger partial charge on any atom is -0.378 e. The van der Waals surface area contributed by atoms with E-state index < -0.39 is 0 Å². The number of nitrogens with one attached hydrogen (secondary N) is 2. The molecule has 4 aromatic rings. The van der Waals surface area contributed by atoms with Crippen molar-refractivity contribution < 1.29 is 14.3 Å². The van der Waals surface area contributed by atoms with Gasteiger partial charge in [0.15, 0.2) is 5.82 Å². The number of aryl methyl sites for hydroxylation is 1. The van der Waals surface area contributed by atoms with Crippen molar-refractivity contribution in [2.24, 2.45) is 7.05 Å². The Kier molecular flexibility index (Phi) is 9.55. The first-order valence-corrected chi connectivity index (χ1v) is 15.1. The number of unbranched alkanes of at least 4 members (excludes halogenated alkanes) is 1. The van der Waals surface area contributed by atoms with E-state index in [2.05, 4.69) is 17.6 Å². The number of morpholine rings is 1. The zero-order valence-electron chi connectivity index (χ0n) is 25.8. The summed E-state index contributed by atoms with van der Waals surface area (Å²) in [5, 5.41) is 6.25. The molecule has 1 aromatic heterocycles. The molecule has 0 aliphatic carbocycles. The van der Waals surface area contributed by atoms with E-state index in [0.717, 1.165) is 36.0 Å². The maximum atomic E-state index is 13.4. The molecule has 0 unspecified atom stereocenters. The number of aromatic nitrogens is 2. The molecular formula is C35H39N5O4. The van der Waals surface area contributed by atoms with Crippen molar-refractivity contribution in [3.63, 3.8) is 0 Å². The molecule has 2 N–H and O–H groups in total. The number of carbonyl (C=O) groups excluding carboxylic acids is 2. The molecule has 228 valence electrons. The summed E-state index contributed by atoms with van der Waals surface area (Å²) in [6, 6.07) is 20.5. The molecule has 0 atom stereocenters. The summed E-state index contributed by atoms with van der Waals surface area (Å²) in [7, 11) is 1.71. The molecule has 1 aliphatic heterocycles. The van der Waals surface area contributed by atoms with Crippen LogP contribution < -0.4 is 16.2 Å². The van der Waals surface area contributed by atoms with E-state index in [1.807, 2.05) is 56.3 Å². The summed E-state index contributed by atoms with van der Waals surface area (Å²) < 4.78 is 6.91. The van der Waals surface area contributed by atoms with Crippen LogP contribution in [0.3, 0.4) is 0 Å². The molecule has 1 fully saturated rings. The van der Waals surface area contributed by atoms with Crippen molar-refractivity contribution in [3.8, 4) is 11.3 Å². The van der Waals surface area contributed by atoms with Crippen molar-refractivity contribution in [2.75, 3.05) is 36.9 Å². The van der Waals surface area contributed by atoms with E-state index in [1.54, 1.807) is 40.8 Å². The number of amides is 2. The van der Waals surface area contributed by atoms with Crippen LogP contribution in [0.1, 0.15) is 57.3 Å². The molecule has 9 nitrogen and oxygen atoms in total. The summed E-state index contributed by atoms with van der Waals surface area (Å²) in [4.78, 5) is 46.0. The second-order valence-corrected chi connectivity index (χ2v) is 11.1. The van der Waals surface area contributed by atoms with Crippen LogP contribution in [0, 0.1) is 13.8 Å². The summed E-state index contributed by atoms with van der Waals surface area (Å²) in [5.41, 5.74) is 6.31. The number of hydrogen-bond donors (Lipinski definition) is 2. The predicted molar refractivity (Wildman–Crippen MR) is 174 cm³/mol. The molecule has 0 saturated carbocycles. The average Bonchev–Trinajstić information content (AvgIpc) is 3.05. The average molecular weight is 594 g/mol. The summed E-state index contributed by atoms with van der Waals surface area (Å²) in [6.45, 7) is 8.16. The molecule has 0 bridgehead atoms. The quantitative estimate of drug-likeness (QED) is 0.251. The normalized spacial score (nSPS) is 13.0. The number of benzene rings is 3. The molecule has 9 heteroatoms. The molecule has 0 radical (unpaired) electrons. The maximum Gasteiger partial charge on any atom is 0.293 e. The highest BCUT2D eigenvalue weighted by Gasteiger charge is 2.20. The second kappa shape index (κ2) is 13.7. The van der Waals surface area contributed by atoms with Crippen LogP contribution in [0.5, 0.6) is 0 Å². The Hall–Kier alpha value is -4.76. The highest BCUT2D eigenvalue weighted by atomic mass is 16.5. The van der Waals surface area contributed by atoms with Crippen molar-refractivity contribution in [2.45, 2.75) is 40.0 Å². The fourth-order valence-electron chi connectivity index (χ4n) is 5.37. The lowest BCUT2D eigenvalue weighted by molar-refractivity contribution is 0.0303. The highest BCUT2D eigenvalue weighted by molar-refractivity contribution is 6.06. The molecule has 1 saturated heterocycles. The molecule has 5 rings (SSSR count). The Labute approximate surface area is 257 Å². The smallest absolute Gasteiger partial charge is 0.293 e. The number of anilines is 3. The Balaban J connectivity index is 1.40. The molecule has 1 aliphatic rings. The molecule has 44 heavy (non-hydrogen) atoms. The largest absolute Gasteiger partial charge is 0.378 e. The van der Waals surface area contributed by atoms with Gasteiger partial charge in [-0.2, -0.15) is 0 Å². The first-order chi connectivity index (χ1) is 21.3. The molecule has 3 aromatic carbocycles. The van der Waals surface area contributed by atoms with Crippen molar-refractivity contribution in [1.29, 1.82) is 0 Å². The second-order valence-electron chi connectivity index (χ2n) is 11.1. The lowest BCUT2D eigenvalue weighted by Crippen LogP contribution is -2.40. The minimum atomic E-state index is -0.273. The lowest BCUT2D eigenvalue weighted by atomic mass is 10.00. The van der Waals surface area contributed by atoms with Gasteiger partial charge in [0.25, 0.3) is 17.4 Å². The number of nitrogens with zero attached hydrogens (tertiary/aromatic N) is 3. The third-order valence-corrected chi connectivity index (χ3v) is 8.17. The number of hydrogen-bond acceptors (Lipinski definition) is 6. The van der Waals surface area contributed by atoms with E-state index in [1.165, 1.54) is 0 Å². The van der Waals surface area contributed by atoms with E-state index in [4.69, 9.17) is 9.72 Å². The fraction of sp³-hybridized carbons (Fsp3) is 0.314. The lowest BCUT2D eigenvalue weighted by Gasteiger charge is -2.26. The van der Waals surface area contributed by atoms with Gasteiger partial charge < -0.3 is 24.8 Å². The molecule has 0 spiro atoms. The Morgan fingerprint density at radius 1 is 0.955 bits per heavy atom. The van der Waals surface area contributed by atoms with Gasteiger partial charge in [-0.15, -0.1) is 0 Å². The van der Waals surface area contributed by atoms with Crippen molar-refractivity contribution in [1.82, 2.24) is 14.5 Å². The summed E-state index contributed by atoms with van der Waals surface area (Å²) >= 11 is 0. The van der Waals surface area contributed by atoms with Crippen LogP contribution in [-0.2, 0) is 18.2 Å². The van der Waals surface area contributed by atoms with Gasteiger partial charge in [-0.25, -0.2) is 4.98 Å². The van der Waals surface area contributed by atoms with Gasteiger partial charge in [-0.05, 0) is 74.2 Å². The monoisotopic (exact) mass is 593 g/mol. The third kappa shape index (κ3) is 6.58.